The zero-order chi connectivity index (χ0) is 22.9. The van der Waals surface area contributed by atoms with Crippen molar-refractivity contribution in [1.29, 1.82) is 0 Å². The summed E-state index contributed by atoms with van der Waals surface area (Å²) in [5.41, 5.74) is 0.108. The minimum Gasteiger partial charge on any atom is -0.352 e. The Bertz CT molecular complexity index is 1100. The van der Waals surface area contributed by atoms with Crippen molar-refractivity contribution in [3.63, 3.8) is 0 Å². The smallest absolute Gasteiger partial charge is 0.352 e. The molecule has 11 heteroatoms. The average Bonchev–Trinajstić information content (AvgIpc) is 3.38. The Morgan fingerprint density at radius 2 is 1.91 bits per heavy atom. The van der Waals surface area contributed by atoms with Gasteiger partial charge >= 0.3 is 6.18 Å². The standard InChI is InChI=1S/C21H19F4N5OS/c1-12-29-17(18(32-12)13-4-6-15(22)7-5-13)19(31)30-8-2-3-16(30)11-28-20-26-9-14(10-27-20)21(23,24)25/h4-7,9-10,16H,2-3,8,11H2,1H3,(H,26,27,28). The van der Waals surface area contributed by atoms with Gasteiger partial charge in [0.05, 0.1) is 15.4 Å². The first-order valence-electron chi connectivity index (χ1n) is 9.90. The second kappa shape index (κ2) is 8.81. The Hall–Kier alpha value is -3.08. The number of aryl methyl sites for hydroxylation is 1. The van der Waals surface area contributed by atoms with E-state index in [4.69, 9.17) is 0 Å². The number of aromatic nitrogens is 3. The Morgan fingerprint density at radius 1 is 1.22 bits per heavy atom. The maximum atomic E-state index is 13.3. The van der Waals surface area contributed by atoms with Gasteiger partial charge < -0.3 is 10.2 Å². The van der Waals surface area contributed by atoms with Gasteiger partial charge in [0.1, 0.15) is 11.5 Å². The van der Waals surface area contributed by atoms with E-state index in [0.29, 0.717) is 29.2 Å². The molecule has 2 aromatic heterocycles. The van der Waals surface area contributed by atoms with Gasteiger partial charge in [0.25, 0.3) is 5.91 Å². The predicted octanol–water partition coefficient (Wildman–Crippen LogP) is 4.78. The summed E-state index contributed by atoms with van der Waals surface area (Å²) in [6.07, 6.45) is -1.53. The highest BCUT2D eigenvalue weighted by Gasteiger charge is 2.33. The summed E-state index contributed by atoms with van der Waals surface area (Å²) in [4.78, 5) is 27.5. The summed E-state index contributed by atoms with van der Waals surface area (Å²) >= 11 is 1.37. The quantitative estimate of drug-likeness (QED) is 0.549. The van der Waals surface area contributed by atoms with Crippen LogP contribution < -0.4 is 5.32 Å². The molecule has 0 spiro atoms. The number of carbonyl (C=O) groups excluding carboxylic acids is 1. The van der Waals surface area contributed by atoms with Crippen LogP contribution >= 0.6 is 11.3 Å². The first kappa shape index (κ1) is 22.1. The van der Waals surface area contributed by atoms with Gasteiger partial charge in [-0.15, -0.1) is 11.3 Å². The van der Waals surface area contributed by atoms with Gasteiger partial charge in [-0.25, -0.2) is 19.3 Å². The fourth-order valence-corrected chi connectivity index (χ4v) is 4.51. The van der Waals surface area contributed by atoms with Gasteiger partial charge in [0.2, 0.25) is 5.95 Å². The van der Waals surface area contributed by atoms with E-state index in [1.807, 2.05) is 0 Å². The summed E-state index contributed by atoms with van der Waals surface area (Å²) in [5.74, 6) is -0.529. The number of alkyl halides is 3. The molecule has 1 fully saturated rings. The largest absolute Gasteiger partial charge is 0.419 e. The van der Waals surface area contributed by atoms with E-state index in [9.17, 15) is 22.4 Å². The van der Waals surface area contributed by atoms with Crippen molar-refractivity contribution >= 4 is 23.2 Å². The number of nitrogens with zero attached hydrogens (tertiary/aromatic N) is 4. The number of halogens is 4. The molecule has 1 aliphatic rings. The lowest BCUT2D eigenvalue weighted by molar-refractivity contribution is -0.138. The van der Waals surface area contributed by atoms with Crippen LogP contribution in [-0.2, 0) is 6.18 Å². The molecule has 3 aromatic rings. The number of thiazole rings is 1. The number of anilines is 1. The van der Waals surface area contributed by atoms with Crippen LogP contribution in [0, 0.1) is 12.7 Å². The molecule has 32 heavy (non-hydrogen) atoms. The lowest BCUT2D eigenvalue weighted by Crippen LogP contribution is -2.40. The van der Waals surface area contributed by atoms with Crippen LogP contribution in [0.2, 0.25) is 0 Å². The number of nitrogens with one attached hydrogen (secondary N) is 1. The zero-order valence-corrected chi connectivity index (χ0v) is 17.8. The molecule has 1 unspecified atom stereocenters. The van der Waals surface area contributed by atoms with Crippen LogP contribution in [0.5, 0.6) is 0 Å². The highest BCUT2D eigenvalue weighted by atomic mass is 32.1. The molecule has 0 bridgehead atoms. The molecule has 168 valence electrons. The lowest BCUT2D eigenvalue weighted by atomic mass is 10.1. The summed E-state index contributed by atoms with van der Waals surface area (Å²) in [6.45, 7) is 2.64. The molecular formula is C21H19F4N5OS. The molecule has 0 saturated carbocycles. The van der Waals surface area contributed by atoms with Crippen molar-refractivity contribution < 1.29 is 22.4 Å². The second-order valence-electron chi connectivity index (χ2n) is 7.39. The molecule has 1 N–H and O–H groups in total. The Labute approximate surface area is 185 Å². The molecule has 3 heterocycles. The number of hydrogen-bond donors (Lipinski definition) is 1. The number of rotatable bonds is 5. The van der Waals surface area contributed by atoms with Crippen LogP contribution in [-0.4, -0.2) is 44.9 Å². The van der Waals surface area contributed by atoms with Crippen LogP contribution in [0.15, 0.2) is 36.7 Å². The van der Waals surface area contributed by atoms with Crippen LogP contribution in [0.1, 0.15) is 33.9 Å². The summed E-state index contributed by atoms with van der Waals surface area (Å²) < 4.78 is 51.3. The monoisotopic (exact) mass is 465 g/mol. The van der Waals surface area contributed by atoms with Gasteiger partial charge in [-0.2, -0.15) is 13.2 Å². The molecule has 1 saturated heterocycles. The summed E-state index contributed by atoms with van der Waals surface area (Å²) in [6, 6.07) is 5.72. The molecule has 1 aromatic carbocycles. The normalized spacial score (nSPS) is 16.4. The maximum absolute atomic E-state index is 13.3. The summed E-state index contributed by atoms with van der Waals surface area (Å²) in [5, 5.41) is 3.64. The number of likely N-dealkylation sites (tertiary alicyclic amines) is 1. The number of amides is 1. The fourth-order valence-electron chi connectivity index (χ4n) is 3.60. The maximum Gasteiger partial charge on any atom is 0.419 e. The van der Waals surface area contributed by atoms with Gasteiger partial charge in [-0.1, -0.05) is 12.1 Å². The molecule has 4 rings (SSSR count). The molecule has 0 aliphatic carbocycles. The van der Waals surface area contributed by atoms with Crippen molar-refractivity contribution in [1.82, 2.24) is 19.9 Å². The van der Waals surface area contributed by atoms with Crippen LogP contribution in [0.25, 0.3) is 10.4 Å². The molecular weight excluding hydrogens is 446 g/mol. The first-order valence-corrected chi connectivity index (χ1v) is 10.7. The van der Waals surface area contributed by atoms with Crippen molar-refractivity contribution in [2.24, 2.45) is 0 Å². The van der Waals surface area contributed by atoms with Gasteiger partial charge in [0, 0.05) is 31.5 Å². The number of hydrogen-bond acceptors (Lipinski definition) is 6. The van der Waals surface area contributed by atoms with Crippen molar-refractivity contribution in [3.05, 3.63) is 58.7 Å². The van der Waals surface area contributed by atoms with E-state index in [0.717, 1.165) is 30.2 Å². The third kappa shape index (κ3) is 4.72. The van der Waals surface area contributed by atoms with Crippen molar-refractivity contribution in [2.45, 2.75) is 32.0 Å². The van der Waals surface area contributed by atoms with E-state index < -0.39 is 11.7 Å². The minimum absolute atomic E-state index is 0.0637. The SMILES string of the molecule is Cc1nc(C(=O)N2CCCC2CNc2ncc(C(F)(F)F)cn2)c(-c2ccc(F)cc2)s1. The molecule has 6 nitrogen and oxygen atoms in total. The number of benzene rings is 1. The van der Waals surface area contributed by atoms with Gasteiger partial charge in [-0.05, 0) is 37.5 Å². The van der Waals surface area contributed by atoms with E-state index in [1.165, 1.54) is 23.5 Å². The third-order valence-corrected chi connectivity index (χ3v) is 6.18. The Balaban J connectivity index is 1.48. The number of carbonyl (C=O) groups is 1. The average molecular weight is 465 g/mol. The minimum atomic E-state index is -4.50. The van der Waals surface area contributed by atoms with Gasteiger partial charge in [0.15, 0.2) is 0 Å². The van der Waals surface area contributed by atoms with Gasteiger partial charge in [-0.3, -0.25) is 4.79 Å². The van der Waals surface area contributed by atoms with Crippen LogP contribution in [0.4, 0.5) is 23.5 Å². The Kier molecular flexibility index (Phi) is 6.09. The highest BCUT2D eigenvalue weighted by molar-refractivity contribution is 7.15. The first-order chi connectivity index (χ1) is 15.2. The second-order valence-corrected chi connectivity index (χ2v) is 8.59. The van der Waals surface area contributed by atoms with E-state index in [-0.39, 0.29) is 23.7 Å². The topological polar surface area (TPSA) is 71.0 Å². The third-order valence-electron chi connectivity index (χ3n) is 5.16. The van der Waals surface area contributed by atoms with Crippen LogP contribution in [0.3, 0.4) is 0 Å². The lowest BCUT2D eigenvalue weighted by Gasteiger charge is -2.24. The molecule has 0 radical (unpaired) electrons. The fraction of sp³-hybridized carbons (Fsp3) is 0.333. The molecule has 1 amide bonds. The molecule has 1 aliphatic heterocycles. The highest BCUT2D eigenvalue weighted by Crippen LogP contribution is 2.33. The van der Waals surface area contributed by atoms with Crippen molar-refractivity contribution in [2.75, 3.05) is 18.4 Å². The summed E-state index contributed by atoms with van der Waals surface area (Å²) in [7, 11) is 0. The predicted molar refractivity (Wildman–Crippen MR) is 112 cm³/mol. The van der Waals surface area contributed by atoms with Crippen molar-refractivity contribution in [3.8, 4) is 10.4 Å². The molecule has 1 atom stereocenters. The van der Waals surface area contributed by atoms with E-state index >= 15 is 0 Å². The zero-order valence-electron chi connectivity index (χ0n) is 17.0. The van der Waals surface area contributed by atoms with E-state index in [1.54, 1.807) is 24.0 Å². The van der Waals surface area contributed by atoms with E-state index in [2.05, 4.69) is 20.3 Å². The Morgan fingerprint density at radius 3 is 2.56 bits per heavy atom.